The van der Waals surface area contributed by atoms with Crippen LogP contribution < -0.4 is 10.9 Å². The molecule has 0 aliphatic rings. The molecule has 2 rings (SSSR count). The summed E-state index contributed by atoms with van der Waals surface area (Å²) in [7, 11) is 0. The first kappa shape index (κ1) is 12.3. The Morgan fingerprint density at radius 3 is 2.83 bits per heavy atom. The molecule has 0 atom stereocenters. The van der Waals surface area contributed by atoms with Crippen LogP contribution in [-0.4, -0.2) is 31.1 Å². The van der Waals surface area contributed by atoms with E-state index in [1.165, 1.54) is 0 Å². The summed E-state index contributed by atoms with van der Waals surface area (Å²) in [6.07, 6.45) is 6.70. The second kappa shape index (κ2) is 5.44. The van der Waals surface area contributed by atoms with Crippen molar-refractivity contribution in [2.75, 3.05) is 11.9 Å². The molecule has 0 radical (unpaired) electrons. The molecule has 0 aliphatic carbocycles. The summed E-state index contributed by atoms with van der Waals surface area (Å²) in [5.41, 5.74) is -0.105. The predicted molar refractivity (Wildman–Crippen MR) is 67.4 cm³/mol. The maximum atomic E-state index is 12.0. The van der Waals surface area contributed by atoms with E-state index in [2.05, 4.69) is 20.6 Å². The topological polar surface area (TPSA) is 77.6 Å². The van der Waals surface area contributed by atoms with Crippen molar-refractivity contribution in [2.45, 2.75) is 26.4 Å². The zero-order valence-corrected chi connectivity index (χ0v) is 10.4. The summed E-state index contributed by atoms with van der Waals surface area (Å²) in [4.78, 5) is 16.1. The van der Waals surface area contributed by atoms with Crippen molar-refractivity contribution in [3.8, 4) is 0 Å². The van der Waals surface area contributed by atoms with E-state index < -0.39 is 0 Å². The van der Waals surface area contributed by atoms with E-state index in [0.29, 0.717) is 18.9 Å². The Kier molecular flexibility index (Phi) is 3.71. The average Bonchev–Trinajstić information content (AvgIpc) is 2.84. The lowest BCUT2D eigenvalue weighted by molar-refractivity contribution is 0.573. The van der Waals surface area contributed by atoms with Gasteiger partial charge in [-0.1, -0.05) is 5.21 Å². The van der Waals surface area contributed by atoms with Crippen molar-refractivity contribution in [1.82, 2.24) is 24.5 Å². The van der Waals surface area contributed by atoms with Gasteiger partial charge in [0.1, 0.15) is 0 Å². The number of nitrogens with zero attached hydrogens (tertiary/aromatic N) is 5. The summed E-state index contributed by atoms with van der Waals surface area (Å²) < 4.78 is 3.34. The Hall–Kier alpha value is -2.18. The second-order valence-electron chi connectivity index (χ2n) is 4.17. The van der Waals surface area contributed by atoms with E-state index in [4.69, 9.17) is 0 Å². The molecule has 1 N–H and O–H groups in total. The van der Waals surface area contributed by atoms with Crippen LogP contribution in [0.15, 0.2) is 29.6 Å². The fourth-order valence-corrected chi connectivity index (χ4v) is 1.59. The molecule has 0 saturated heterocycles. The average molecular weight is 248 g/mol. The monoisotopic (exact) mass is 248 g/mol. The minimum Gasteiger partial charge on any atom is -0.364 e. The maximum absolute atomic E-state index is 12.0. The van der Waals surface area contributed by atoms with Crippen LogP contribution in [-0.2, 0) is 6.54 Å². The van der Waals surface area contributed by atoms with Crippen LogP contribution in [0.3, 0.4) is 0 Å². The van der Waals surface area contributed by atoms with Gasteiger partial charge in [0, 0.05) is 31.2 Å². The number of nitrogens with one attached hydrogen (secondary N) is 1. The third-order valence-corrected chi connectivity index (χ3v) is 2.53. The first-order valence-corrected chi connectivity index (χ1v) is 5.83. The Balaban J connectivity index is 2.01. The summed E-state index contributed by atoms with van der Waals surface area (Å²) >= 11 is 0. The molecule has 0 unspecified atom stereocenters. The standard InChI is InChI=1S/C11H16N6O/c1-9(2)17-8-4-13-10(11(17)18)12-3-6-16-7-5-14-15-16/h4-5,7-9H,3,6H2,1-2H3,(H,12,13). The number of hydrogen-bond donors (Lipinski definition) is 1. The quantitative estimate of drug-likeness (QED) is 0.835. The molecule has 2 heterocycles. The third-order valence-electron chi connectivity index (χ3n) is 2.53. The fourth-order valence-electron chi connectivity index (χ4n) is 1.59. The molecule has 0 amide bonds. The maximum Gasteiger partial charge on any atom is 0.293 e. The highest BCUT2D eigenvalue weighted by Gasteiger charge is 2.06. The minimum absolute atomic E-state index is 0.105. The highest BCUT2D eigenvalue weighted by Crippen LogP contribution is 2.01. The van der Waals surface area contributed by atoms with Gasteiger partial charge in [-0.25, -0.2) is 4.98 Å². The van der Waals surface area contributed by atoms with E-state index in [1.54, 1.807) is 34.0 Å². The van der Waals surface area contributed by atoms with Crippen LogP contribution >= 0.6 is 0 Å². The van der Waals surface area contributed by atoms with Gasteiger partial charge in [0.2, 0.25) is 0 Å². The largest absolute Gasteiger partial charge is 0.364 e. The lowest BCUT2D eigenvalue weighted by Gasteiger charge is -2.11. The molecule has 96 valence electrons. The van der Waals surface area contributed by atoms with Gasteiger partial charge in [-0.15, -0.1) is 5.10 Å². The molecule has 0 spiro atoms. The van der Waals surface area contributed by atoms with Gasteiger partial charge >= 0.3 is 0 Å². The molecule has 0 aliphatic heterocycles. The molecule has 0 aromatic carbocycles. The van der Waals surface area contributed by atoms with E-state index in [-0.39, 0.29) is 11.6 Å². The third kappa shape index (κ3) is 2.73. The summed E-state index contributed by atoms with van der Waals surface area (Å²) in [5, 5.41) is 10.6. The van der Waals surface area contributed by atoms with Gasteiger partial charge in [-0.05, 0) is 13.8 Å². The van der Waals surface area contributed by atoms with Crippen LogP contribution in [0, 0.1) is 0 Å². The van der Waals surface area contributed by atoms with Crippen molar-refractivity contribution >= 4 is 5.82 Å². The first-order chi connectivity index (χ1) is 8.68. The van der Waals surface area contributed by atoms with E-state index >= 15 is 0 Å². The molecule has 18 heavy (non-hydrogen) atoms. The Bertz CT molecular complexity index is 545. The molecular weight excluding hydrogens is 232 g/mol. The fraction of sp³-hybridized carbons (Fsp3) is 0.455. The molecule has 2 aromatic rings. The SMILES string of the molecule is CC(C)n1ccnc(NCCn2ccnn2)c1=O. The lowest BCUT2D eigenvalue weighted by atomic mass is 10.4. The zero-order valence-electron chi connectivity index (χ0n) is 10.4. The van der Waals surface area contributed by atoms with E-state index in [0.717, 1.165) is 0 Å². The molecule has 2 aromatic heterocycles. The lowest BCUT2D eigenvalue weighted by Crippen LogP contribution is -2.26. The molecule has 0 bridgehead atoms. The number of rotatable bonds is 5. The second-order valence-corrected chi connectivity index (χ2v) is 4.17. The molecule has 0 fully saturated rings. The van der Waals surface area contributed by atoms with Gasteiger partial charge in [-0.2, -0.15) is 0 Å². The van der Waals surface area contributed by atoms with Crippen molar-refractivity contribution in [2.24, 2.45) is 0 Å². The number of aromatic nitrogens is 5. The summed E-state index contributed by atoms with van der Waals surface area (Å²) in [6, 6.07) is 0.122. The molecule has 7 nitrogen and oxygen atoms in total. The van der Waals surface area contributed by atoms with Gasteiger partial charge in [0.15, 0.2) is 5.82 Å². The molecule has 7 heteroatoms. The molecular formula is C11H16N6O. The van der Waals surface area contributed by atoms with Crippen molar-refractivity contribution < 1.29 is 0 Å². The van der Waals surface area contributed by atoms with Gasteiger partial charge in [0.25, 0.3) is 5.56 Å². The van der Waals surface area contributed by atoms with Crippen LogP contribution in [0.4, 0.5) is 5.82 Å². The van der Waals surface area contributed by atoms with Crippen LogP contribution in [0.5, 0.6) is 0 Å². The van der Waals surface area contributed by atoms with Crippen molar-refractivity contribution in [1.29, 1.82) is 0 Å². The highest BCUT2D eigenvalue weighted by molar-refractivity contribution is 5.30. The summed E-state index contributed by atoms with van der Waals surface area (Å²) in [5.74, 6) is 0.367. The van der Waals surface area contributed by atoms with Crippen molar-refractivity contribution in [3.63, 3.8) is 0 Å². The summed E-state index contributed by atoms with van der Waals surface area (Å²) in [6.45, 7) is 5.13. The Labute approximate surface area is 104 Å². The van der Waals surface area contributed by atoms with Gasteiger partial charge in [-0.3, -0.25) is 9.48 Å². The Morgan fingerprint density at radius 2 is 2.17 bits per heavy atom. The zero-order chi connectivity index (χ0) is 13.0. The normalized spacial score (nSPS) is 10.8. The van der Waals surface area contributed by atoms with Crippen LogP contribution in [0.2, 0.25) is 0 Å². The van der Waals surface area contributed by atoms with Crippen molar-refractivity contribution in [3.05, 3.63) is 35.1 Å². The predicted octanol–water partition coefficient (Wildman–Crippen LogP) is 0.528. The highest BCUT2D eigenvalue weighted by atomic mass is 16.1. The number of hydrogen-bond acceptors (Lipinski definition) is 5. The van der Waals surface area contributed by atoms with E-state index in [9.17, 15) is 4.79 Å². The van der Waals surface area contributed by atoms with Gasteiger partial charge < -0.3 is 9.88 Å². The van der Waals surface area contributed by atoms with E-state index in [1.807, 2.05) is 13.8 Å². The first-order valence-electron chi connectivity index (χ1n) is 5.83. The smallest absolute Gasteiger partial charge is 0.293 e. The van der Waals surface area contributed by atoms with Crippen LogP contribution in [0.1, 0.15) is 19.9 Å². The number of anilines is 1. The minimum atomic E-state index is -0.105. The Morgan fingerprint density at radius 1 is 1.33 bits per heavy atom. The van der Waals surface area contributed by atoms with Gasteiger partial charge in [0.05, 0.1) is 12.7 Å². The molecule has 0 saturated carbocycles. The van der Waals surface area contributed by atoms with Crippen LogP contribution in [0.25, 0.3) is 0 Å².